The maximum Gasteiger partial charge on any atom is 0.232 e. The lowest BCUT2D eigenvalue weighted by Gasteiger charge is -2.47. The number of hydrogen-bond donors (Lipinski definition) is 3. The summed E-state index contributed by atoms with van der Waals surface area (Å²) in [5.41, 5.74) is -0.722. The van der Waals surface area contributed by atoms with Crippen LogP contribution in [0.15, 0.2) is 41.7 Å². The minimum absolute atomic E-state index is 0.0353. The number of aromatic hydroxyl groups is 2. The Bertz CT molecular complexity index is 1090. The van der Waals surface area contributed by atoms with Gasteiger partial charge in [-0.25, -0.2) is 0 Å². The molecule has 6 nitrogen and oxygen atoms in total. The maximum absolute atomic E-state index is 13.6. The molecule has 1 aromatic rings. The van der Waals surface area contributed by atoms with Crippen molar-refractivity contribution in [3.05, 3.63) is 58.4 Å². The Labute approximate surface area is 181 Å². The van der Waals surface area contributed by atoms with E-state index in [0.717, 1.165) is 18.4 Å². The van der Waals surface area contributed by atoms with E-state index in [4.69, 9.17) is 4.74 Å². The second-order valence-corrected chi connectivity index (χ2v) is 9.61. The Morgan fingerprint density at radius 3 is 2.58 bits per heavy atom. The first-order valence-corrected chi connectivity index (χ1v) is 10.5. The summed E-state index contributed by atoms with van der Waals surface area (Å²) in [6.07, 6.45) is 5.17. The average Bonchev–Trinajstić information content (AvgIpc) is 2.70. The Hall–Kier alpha value is -2.86. The third kappa shape index (κ3) is 2.88. The zero-order chi connectivity index (χ0) is 22.9. The SMILES string of the molecule is C=CC(C)(CO)c1c(O)cc2c(c1O)C(=O)C1=C(C2=O)[C@@H]2C=C(C)CC[C@@H]2C(C)(C)O1. The molecule has 3 atom stereocenters. The van der Waals surface area contributed by atoms with Crippen molar-refractivity contribution in [3.63, 3.8) is 0 Å². The molecular weight excluding hydrogens is 396 g/mol. The zero-order valence-electron chi connectivity index (χ0n) is 18.3. The molecule has 164 valence electrons. The largest absolute Gasteiger partial charge is 0.507 e. The summed E-state index contributed by atoms with van der Waals surface area (Å²) < 4.78 is 6.12. The molecular formula is C25H28O6. The topological polar surface area (TPSA) is 104 Å². The number of carbonyl (C=O) groups is 2. The van der Waals surface area contributed by atoms with Gasteiger partial charge in [0, 0.05) is 28.4 Å². The number of fused-ring (bicyclic) bond motifs is 3. The van der Waals surface area contributed by atoms with E-state index in [1.807, 2.05) is 26.8 Å². The lowest BCUT2D eigenvalue weighted by Crippen LogP contribution is -2.48. The first-order valence-electron chi connectivity index (χ1n) is 10.5. The van der Waals surface area contributed by atoms with Crippen LogP contribution in [0.2, 0.25) is 0 Å². The van der Waals surface area contributed by atoms with E-state index in [2.05, 4.69) is 6.58 Å². The molecule has 2 aliphatic carbocycles. The summed E-state index contributed by atoms with van der Waals surface area (Å²) in [6, 6.07) is 1.21. The van der Waals surface area contributed by atoms with Gasteiger partial charge in [0.1, 0.15) is 17.1 Å². The van der Waals surface area contributed by atoms with Crippen LogP contribution in [0.4, 0.5) is 0 Å². The van der Waals surface area contributed by atoms with Gasteiger partial charge >= 0.3 is 0 Å². The standard InChI is InChI=1S/C25H28O6/c1-6-25(5,11-26)19-16(27)10-14-17(21(19)29)22(30)23-18(20(14)28)13-9-12(2)7-8-15(13)24(3,4)31-23/h6,9-10,13,15,26-27,29H,1,7-8,11H2,2-5H3/t13-,15+,25?/m1/s1. The second-order valence-electron chi connectivity index (χ2n) is 9.61. The molecule has 0 amide bonds. The zero-order valence-corrected chi connectivity index (χ0v) is 18.3. The van der Waals surface area contributed by atoms with Crippen LogP contribution in [-0.4, -0.2) is 39.1 Å². The number of aliphatic hydroxyl groups is 1. The molecule has 3 N–H and O–H groups in total. The summed E-state index contributed by atoms with van der Waals surface area (Å²) in [7, 11) is 0. The fourth-order valence-corrected chi connectivity index (χ4v) is 5.23. The third-order valence-electron chi connectivity index (χ3n) is 7.14. The van der Waals surface area contributed by atoms with Gasteiger partial charge in [-0.15, -0.1) is 6.58 Å². The van der Waals surface area contributed by atoms with Crippen molar-refractivity contribution < 1.29 is 29.6 Å². The van der Waals surface area contributed by atoms with Crippen molar-refractivity contribution >= 4 is 11.6 Å². The van der Waals surface area contributed by atoms with Crippen LogP contribution in [-0.2, 0) is 10.2 Å². The molecule has 6 heteroatoms. The molecule has 1 unspecified atom stereocenters. The summed E-state index contributed by atoms with van der Waals surface area (Å²) in [5, 5.41) is 31.5. The van der Waals surface area contributed by atoms with Gasteiger partial charge in [0.2, 0.25) is 5.78 Å². The molecule has 0 spiro atoms. The number of ether oxygens (including phenoxy) is 1. The van der Waals surface area contributed by atoms with E-state index in [1.165, 1.54) is 12.1 Å². The lowest BCUT2D eigenvalue weighted by molar-refractivity contribution is -0.0493. The molecule has 0 aromatic heterocycles. The average molecular weight is 424 g/mol. The summed E-state index contributed by atoms with van der Waals surface area (Å²) in [4.78, 5) is 27.1. The van der Waals surface area contributed by atoms with Crippen LogP contribution in [0, 0.1) is 11.8 Å². The minimum Gasteiger partial charge on any atom is -0.507 e. The number of hydrogen-bond acceptors (Lipinski definition) is 6. The number of ketones is 2. The molecule has 1 heterocycles. The summed E-state index contributed by atoms with van der Waals surface area (Å²) >= 11 is 0. The van der Waals surface area contributed by atoms with Crippen LogP contribution in [0.5, 0.6) is 11.5 Å². The number of phenols is 2. The van der Waals surface area contributed by atoms with Crippen molar-refractivity contribution in [2.24, 2.45) is 11.8 Å². The first kappa shape index (κ1) is 21.4. The molecule has 1 aliphatic heterocycles. The molecule has 3 aliphatic rings. The summed E-state index contributed by atoms with van der Waals surface area (Å²) in [6.45, 7) is 10.6. The minimum atomic E-state index is -1.21. The highest BCUT2D eigenvalue weighted by molar-refractivity contribution is 6.28. The van der Waals surface area contributed by atoms with E-state index in [1.54, 1.807) is 6.92 Å². The highest BCUT2D eigenvalue weighted by atomic mass is 16.5. The highest BCUT2D eigenvalue weighted by Crippen LogP contribution is 2.52. The van der Waals surface area contributed by atoms with Crippen LogP contribution in [0.25, 0.3) is 0 Å². The van der Waals surface area contributed by atoms with E-state index in [-0.39, 0.29) is 40.0 Å². The van der Waals surface area contributed by atoms with Gasteiger partial charge in [-0.05, 0) is 46.6 Å². The Morgan fingerprint density at radius 1 is 1.29 bits per heavy atom. The molecule has 0 saturated carbocycles. The van der Waals surface area contributed by atoms with Crippen molar-refractivity contribution in [2.75, 3.05) is 6.61 Å². The van der Waals surface area contributed by atoms with E-state index < -0.39 is 34.9 Å². The Morgan fingerprint density at radius 2 is 1.97 bits per heavy atom. The number of benzene rings is 1. The quantitative estimate of drug-likeness (QED) is 0.635. The van der Waals surface area contributed by atoms with Crippen LogP contribution in [0.3, 0.4) is 0 Å². The van der Waals surface area contributed by atoms with Gasteiger partial charge in [0.25, 0.3) is 0 Å². The first-order chi connectivity index (χ1) is 14.5. The van der Waals surface area contributed by atoms with E-state index in [0.29, 0.717) is 5.57 Å². The fourth-order valence-electron chi connectivity index (χ4n) is 5.23. The van der Waals surface area contributed by atoms with Crippen molar-refractivity contribution in [1.29, 1.82) is 0 Å². The molecule has 0 bridgehead atoms. The van der Waals surface area contributed by atoms with Gasteiger partial charge in [0.15, 0.2) is 11.5 Å². The van der Waals surface area contributed by atoms with E-state index >= 15 is 0 Å². The van der Waals surface area contributed by atoms with E-state index in [9.17, 15) is 24.9 Å². The number of rotatable bonds is 3. The lowest BCUT2D eigenvalue weighted by atomic mass is 9.65. The smallest absolute Gasteiger partial charge is 0.232 e. The number of allylic oxidation sites excluding steroid dienone is 4. The molecule has 4 rings (SSSR count). The number of phenolic OH excluding ortho intramolecular Hbond substituents is 2. The van der Waals surface area contributed by atoms with Crippen LogP contribution in [0.1, 0.15) is 66.8 Å². The van der Waals surface area contributed by atoms with Gasteiger partial charge in [-0.1, -0.05) is 17.7 Å². The van der Waals surface area contributed by atoms with Crippen LogP contribution < -0.4 is 0 Å². The third-order valence-corrected chi connectivity index (χ3v) is 7.14. The van der Waals surface area contributed by atoms with Crippen LogP contribution >= 0.6 is 0 Å². The maximum atomic E-state index is 13.6. The van der Waals surface area contributed by atoms with Crippen molar-refractivity contribution in [3.8, 4) is 11.5 Å². The molecule has 31 heavy (non-hydrogen) atoms. The van der Waals surface area contributed by atoms with Gasteiger partial charge < -0.3 is 20.1 Å². The Kier molecular flexibility index (Phi) is 4.70. The number of aliphatic hydroxyl groups excluding tert-OH is 1. The van der Waals surface area contributed by atoms with Crippen molar-refractivity contribution in [1.82, 2.24) is 0 Å². The molecule has 0 fully saturated rings. The predicted octanol–water partition coefficient (Wildman–Crippen LogP) is 3.95. The predicted molar refractivity (Wildman–Crippen MR) is 115 cm³/mol. The van der Waals surface area contributed by atoms with Gasteiger partial charge in [-0.2, -0.15) is 0 Å². The van der Waals surface area contributed by atoms with Crippen molar-refractivity contribution in [2.45, 2.75) is 51.6 Å². The Balaban J connectivity index is 1.97. The molecule has 1 aromatic carbocycles. The molecule has 0 saturated heterocycles. The van der Waals surface area contributed by atoms with Gasteiger partial charge in [-0.3, -0.25) is 9.59 Å². The highest BCUT2D eigenvalue weighted by Gasteiger charge is 2.52. The normalized spacial score (nSPS) is 26.2. The number of Topliss-reactive ketones (excluding diaryl/α,β-unsaturated/α-hetero) is 2. The molecule has 0 radical (unpaired) electrons. The van der Waals surface area contributed by atoms with Gasteiger partial charge in [0.05, 0.1) is 17.7 Å². The monoisotopic (exact) mass is 424 g/mol. The fraction of sp³-hybridized carbons (Fsp3) is 0.440. The summed E-state index contributed by atoms with van der Waals surface area (Å²) in [5.74, 6) is -2.19. The second kappa shape index (κ2) is 6.82. The number of carbonyl (C=O) groups excluding carboxylic acids is 2.